The van der Waals surface area contributed by atoms with Gasteiger partial charge in [-0.05, 0) is 43.7 Å². The lowest BCUT2D eigenvalue weighted by molar-refractivity contribution is 0.148. The van der Waals surface area contributed by atoms with Gasteiger partial charge in [-0.15, -0.1) is 0 Å². The molecule has 2 heteroatoms. The fourth-order valence-electron chi connectivity index (χ4n) is 1.90. The minimum atomic E-state index is 0.365. The minimum Gasteiger partial charge on any atom is -0.497 e. The van der Waals surface area contributed by atoms with E-state index in [0.717, 1.165) is 31.6 Å². The lowest BCUT2D eigenvalue weighted by atomic mass is 9.78. The Morgan fingerprint density at radius 2 is 2.12 bits per heavy atom. The normalized spacial score (nSPS) is 20.9. The molecule has 1 heterocycles. The van der Waals surface area contributed by atoms with Crippen LogP contribution in [0.5, 0.6) is 0 Å². The molecule has 0 aromatic heterocycles. The van der Waals surface area contributed by atoms with Crippen molar-refractivity contribution in [1.29, 1.82) is 0 Å². The number of ether oxygens (including phenoxy) is 1. The second kappa shape index (κ2) is 5.72. The van der Waals surface area contributed by atoms with Crippen LogP contribution >= 0.6 is 0 Å². The van der Waals surface area contributed by atoms with Gasteiger partial charge in [0.2, 0.25) is 0 Å². The van der Waals surface area contributed by atoms with E-state index >= 15 is 0 Å². The van der Waals surface area contributed by atoms with Gasteiger partial charge in [0.05, 0.1) is 12.6 Å². The highest BCUT2D eigenvalue weighted by atomic mass is 16.5. The highest BCUT2D eigenvalue weighted by Crippen LogP contribution is 2.31. The number of hydrogen-bond donors (Lipinski definition) is 1. The van der Waals surface area contributed by atoms with E-state index < -0.39 is 0 Å². The van der Waals surface area contributed by atoms with Crippen LogP contribution in [0.25, 0.3) is 0 Å². The zero-order chi connectivity index (χ0) is 12.2. The molecule has 2 nitrogen and oxygen atoms in total. The van der Waals surface area contributed by atoms with Gasteiger partial charge in [0.25, 0.3) is 0 Å². The minimum absolute atomic E-state index is 0.365. The Bertz CT molecular complexity index is 240. The van der Waals surface area contributed by atoms with Crippen molar-refractivity contribution in [2.45, 2.75) is 53.0 Å². The molecule has 0 fully saturated rings. The summed E-state index contributed by atoms with van der Waals surface area (Å²) in [4.78, 5) is 0. The van der Waals surface area contributed by atoms with Crippen LogP contribution in [0.1, 0.15) is 47.0 Å². The van der Waals surface area contributed by atoms with Crippen molar-refractivity contribution >= 4 is 0 Å². The summed E-state index contributed by atoms with van der Waals surface area (Å²) in [5, 5.41) is 3.38. The van der Waals surface area contributed by atoms with Crippen LogP contribution in [0.3, 0.4) is 0 Å². The molecule has 0 radical (unpaired) electrons. The molecule has 0 amide bonds. The maximum Gasteiger partial charge on any atom is 0.109 e. The predicted molar refractivity (Wildman–Crippen MR) is 69.4 cm³/mol. The number of nitrogens with one attached hydrogen (secondary N) is 1. The molecule has 16 heavy (non-hydrogen) atoms. The average Bonchev–Trinajstić information content (AvgIpc) is 2.25. The average molecular weight is 225 g/mol. The molecule has 1 rings (SSSR count). The molecule has 0 saturated carbocycles. The third-order valence-corrected chi connectivity index (χ3v) is 3.72. The third kappa shape index (κ3) is 3.82. The van der Waals surface area contributed by atoms with E-state index in [4.69, 9.17) is 4.74 Å². The first kappa shape index (κ1) is 13.6. The molecular formula is C14H27NO. The smallest absolute Gasteiger partial charge is 0.109 e. The Morgan fingerprint density at radius 1 is 1.44 bits per heavy atom. The topological polar surface area (TPSA) is 21.3 Å². The molecule has 1 aliphatic heterocycles. The third-order valence-electron chi connectivity index (χ3n) is 3.72. The molecule has 1 N–H and O–H groups in total. The molecule has 0 aliphatic carbocycles. The zero-order valence-corrected chi connectivity index (χ0v) is 11.5. The van der Waals surface area contributed by atoms with Crippen LogP contribution in [0.2, 0.25) is 0 Å². The number of rotatable bonds is 4. The molecule has 94 valence electrons. The largest absolute Gasteiger partial charge is 0.497 e. The van der Waals surface area contributed by atoms with Crippen LogP contribution in [-0.2, 0) is 4.74 Å². The van der Waals surface area contributed by atoms with E-state index in [1.165, 1.54) is 0 Å². The lowest BCUT2D eigenvalue weighted by Gasteiger charge is -2.32. The SMILES string of the molecule is CNC(CC(C)C(C)(C)C)C1=CCCCO1. The van der Waals surface area contributed by atoms with Crippen LogP contribution in [0, 0.1) is 11.3 Å². The lowest BCUT2D eigenvalue weighted by Crippen LogP contribution is -2.34. The molecule has 2 unspecified atom stereocenters. The summed E-state index contributed by atoms with van der Waals surface area (Å²) in [5.41, 5.74) is 0.365. The number of hydrogen-bond acceptors (Lipinski definition) is 2. The van der Waals surface area contributed by atoms with Crippen molar-refractivity contribution in [2.24, 2.45) is 11.3 Å². The van der Waals surface area contributed by atoms with Gasteiger partial charge in [-0.25, -0.2) is 0 Å². The Labute approximate surface area is 100 Å². The van der Waals surface area contributed by atoms with Gasteiger partial charge in [0, 0.05) is 0 Å². The van der Waals surface area contributed by atoms with Crippen molar-refractivity contribution < 1.29 is 4.74 Å². The summed E-state index contributed by atoms with van der Waals surface area (Å²) in [5.74, 6) is 1.83. The molecule has 0 saturated heterocycles. The van der Waals surface area contributed by atoms with Crippen molar-refractivity contribution in [2.75, 3.05) is 13.7 Å². The van der Waals surface area contributed by atoms with Crippen LogP contribution in [0.4, 0.5) is 0 Å². The van der Waals surface area contributed by atoms with E-state index in [9.17, 15) is 0 Å². The first-order valence-corrected chi connectivity index (χ1v) is 6.45. The van der Waals surface area contributed by atoms with Crippen LogP contribution in [-0.4, -0.2) is 19.7 Å². The van der Waals surface area contributed by atoms with E-state index in [-0.39, 0.29) is 0 Å². The number of allylic oxidation sites excluding steroid dienone is 1. The van der Waals surface area contributed by atoms with Crippen molar-refractivity contribution in [3.05, 3.63) is 11.8 Å². The first-order valence-electron chi connectivity index (χ1n) is 6.45. The highest BCUT2D eigenvalue weighted by molar-refractivity contribution is 5.05. The Hall–Kier alpha value is -0.500. The van der Waals surface area contributed by atoms with Gasteiger partial charge in [0.1, 0.15) is 5.76 Å². The summed E-state index contributed by atoms with van der Waals surface area (Å²) < 4.78 is 5.74. The summed E-state index contributed by atoms with van der Waals surface area (Å²) in [6.45, 7) is 10.1. The molecule has 2 atom stereocenters. The van der Waals surface area contributed by atoms with Gasteiger partial charge in [-0.3, -0.25) is 0 Å². The molecular weight excluding hydrogens is 198 g/mol. The van der Waals surface area contributed by atoms with E-state index in [1.807, 2.05) is 7.05 Å². The fraction of sp³-hybridized carbons (Fsp3) is 0.857. The summed E-state index contributed by atoms with van der Waals surface area (Å²) >= 11 is 0. The van der Waals surface area contributed by atoms with Crippen LogP contribution in [0.15, 0.2) is 11.8 Å². The van der Waals surface area contributed by atoms with Crippen molar-refractivity contribution in [3.8, 4) is 0 Å². The van der Waals surface area contributed by atoms with E-state index in [1.54, 1.807) is 0 Å². The highest BCUT2D eigenvalue weighted by Gasteiger charge is 2.25. The Kier molecular flexibility index (Phi) is 4.85. The maximum atomic E-state index is 5.74. The number of likely N-dealkylation sites (N-methyl/N-ethyl adjacent to an activating group) is 1. The Balaban J connectivity index is 2.58. The zero-order valence-electron chi connectivity index (χ0n) is 11.5. The standard InChI is InChI=1S/C14H27NO/c1-11(14(2,3)4)10-12(15-5)13-8-6-7-9-16-13/h8,11-12,15H,6-7,9-10H2,1-5H3. The van der Waals surface area contributed by atoms with Gasteiger partial charge in [-0.2, -0.15) is 0 Å². The second-order valence-electron chi connectivity index (χ2n) is 5.94. The first-order chi connectivity index (χ1) is 7.45. The van der Waals surface area contributed by atoms with E-state index in [0.29, 0.717) is 17.4 Å². The Morgan fingerprint density at radius 3 is 2.56 bits per heavy atom. The fourth-order valence-corrected chi connectivity index (χ4v) is 1.90. The van der Waals surface area contributed by atoms with E-state index in [2.05, 4.69) is 39.1 Å². The molecule has 0 spiro atoms. The van der Waals surface area contributed by atoms with Crippen LogP contribution < -0.4 is 5.32 Å². The second-order valence-corrected chi connectivity index (χ2v) is 5.94. The van der Waals surface area contributed by atoms with Gasteiger partial charge >= 0.3 is 0 Å². The van der Waals surface area contributed by atoms with Gasteiger partial charge in [-0.1, -0.05) is 27.7 Å². The van der Waals surface area contributed by atoms with Crippen molar-refractivity contribution in [3.63, 3.8) is 0 Å². The maximum absolute atomic E-state index is 5.74. The summed E-state index contributed by atoms with van der Waals surface area (Å²) in [6.07, 6.45) is 5.72. The molecule has 1 aliphatic rings. The molecule has 0 aromatic carbocycles. The molecule has 0 bridgehead atoms. The predicted octanol–water partition coefficient (Wildman–Crippen LogP) is 3.34. The summed E-state index contributed by atoms with van der Waals surface area (Å²) in [7, 11) is 2.03. The van der Waals surface area contributed by atoms with Gasteiger partial charge < -0.3 is 10.1 Å². The molecule has 0 aromatic rings. The summed E-state index contributed by atoms with van der Waals surface area (Å²) in [6, 6.07) is 0.384. The van der Waals surface area contributed by atoms with Gasteiger partial charge in [0.15, 0.2) is 0 Å². The monoisotopic (exact) mass is 225 g/mol. The van der Waals surface area contributed by atoms with Crippen molar-refractivity contribution in [1.82, 2.24) is 5.32 Å². The quantitative estimate of drug-likeness (QED) is 0.792.